The van der Waals surface area contributed by atoms with Crippen molar-refractivity contribution < 1.29 is 13.9 Å². The molecule has 0 fully saturated rings. The number of halogens is 1. The molecular weight excluding hydrogens is 269 g/mol. The summed E-state index contributed by atoms with van der Waals surface area (Å²) in [4.78, 5) is 0. The molecule has 2 aromatic carbocycles. The van der Waals surface area contributed by atoms with Gasteiger partial charge >= 0.3 is 0 Å². The average Bonchev–Trinajstić information content (AvgIpc) is 2.97. The van der Waals surface area contributed by atoms with Crippen molar-refractivity contribution in [2.75, 3.05) is 14.2 Å². The lowest BCUT2D eigenvalue weighted by Crippen LogP contribution is -2.20. The molecule has 3 rings (SSSR count). The van der Waals surface area contributed by atoms with Crippen LogP contribution >= 0.6 is 0 Å². The minimum atomic E-state index is -0.273. The second-order valence-electron chi connectivity index (χ2n) is 5.10. The number of ether oxygens (including phenoxy) is 2. The Kier molecular flexibility index (Phi) is 3.90. The molecule has 1 atom stereocenters. The van der Waals surface area contributed by atoms with Crippen LogP contribution in [0.5, 0.6) is 5.75 Å². The SMILES string of the molecule is CNC(c1ccc2c(c1)COC2)c1c(F)cccc1OC. The molecule has 1 aliphatic rings. The van der Waals surface area contributed by atoms with Gasteiger partial charge in [0, 0.05) is 0 Å². The lowest BCUT2D eigenvalue weighted by molar-refractivity contribution is 0.134. The maximum Gasteiger partial charge on any atom is 0.132 e. The minimum Gasteiger partial charge on any atom is -0.496 e. The highest BCUT2D eigenvalue weighted by Gasteiger charge is 2.22. The molecule has 0 aromatic heterocycles. The topological polar surface area (TPSA) is 30.5 Å². The molecule has 0 spiro atoms. The standard InChI is InChI=1S/C17H18FNO2/c1-19-17(16-14(18)4-3-5-15(16)20-2)11-6-7-12-9-21-10-13(12)8-11/h3-8,17,19H,9-10H2,1-2H3. The third-order valence-electron chi connectivity index (χ3n) is 3.89. The van der Waals surface area contributed by atoms with E-state index < -0.39 is 0 Å². The normalized spacial score (nSPS) is 14.8. The fraction of sp³-hybridized carbons (Fsp3) is 0.294. The summed E-state index contributed by atoms with van der Waals surface area (Å²) in [6, 6.07) is 10.8. The van der Waals surface area contributed by atoms with Crippen molar-refractivity contribution in [2.24, 2.45) is 0 Å². The Morgan fingerprint density at radius 2 is 2.00 bits per heavy atom. The molecule has 1 aliphatic heterocycles. The van der Waals surface area contributed by atoms with E-state index in [0.717, 1.165) is 5.56 Å². The van der Waals surface area contributed by atoms with Gasteiger partial charge in [0.15, 0.2) is 0 Å². The van der Waals surface area contributed by atoms with Crippen molar-refractivity contribution in [3.8, 4) is 5.75 Å². The highest BCUT2D eigenvalue weighted by atomic mass is 19.1. The van der Waals surface area contributed by atoms with Crippen LogP contribution in [0.4, 0.5) is 4.39 Å². The Labute approximate surface area is 123 Å². The number of fused-ring (bicyclic) bond motifs is 1. The fourth-order valence-electron chi connectivity index (χ4n) is 2.82. The molecule has 0 radical (unpaired) electrons. The molecule has 21 heavy (non-hydrogen) atoms. The van der Waals surface area contributed by atoms with Crippen LogP contribution in [0, 0.1) is 5.82 Å². The smallest absolute Gasteiger partial charge is 0.132 e. The molecule has 0 bridgehead atoms. The number of benzene rings is 2. The van der Waals surface area contributed by atoms with E-state index in [1.54, 1.807) is 19.2 Å². The van der Waals surface area contributed by atoms with Gasteiger partial charge in [0.2, 0.25) is 0 Å². The van der Waals surface area contributed by atoms with E-state index in [-0.39, 0.29) is 11.9 Å². The zero-order valence-electron chi connectivity index (χ0n) is 12.2. The van der Waals surface area contributed by atoms with Crippen molar-refractivity contribution in [1.29, 1.82) is 0 Å². The van der Waals surface area contributed by atoms with Gasteiger partial charge in [0.25, 0.3) is 0 Å². The molecule has 0 saturated carbocycles. The van der Waals surface area contributed by atoms with Crippen LogP contribution in [0.2, 0.25) is 0 Å². The van der Waals surface area contributed by atoms with E-state index in [0.29, 0.717) is 24.5 Å². The Balaban J connectivity index is 2.07. The van der Waals surface area contributed by atoms with Crippen LogP contribution in [-0.2, 0) is 18.0 Å². The van der Waals surface area contributed by atoms with Gasteiger partial charge in [-0.1, -0.05) is 24.3 Å². The van der Waals surface area contributed by atoms with Crippen LogP contribution in [0.3, 0.4) is 0 Å². The van der Waals surface area contributed by atoms with Crippen molar-refractivity contribution >= 4 is 0 Å². The Bertz CT molecular complexity index is 657. The van der Waals surface area contributed by atoms with E-state index in [2.05, 4.69) is 17.4 Å². The van der Waals surface area contributed by atoms with Crippen LogP contribution < -0.4 is 10.1 Å². The summed E-state index contributed by atoms with van der Waals surface area (Å²) in [6.07, 6.45) is 0. The van der Waals surface area contributed by atoms with E-state index in [1.165, 1.54) is 17.2 Å². The first kappa shape index (κ1) is 14.0. The first-order chi connectivity index (χ1) is 10.2. The molecule has 2 aromatic rings. The van der Waals surface area contributed by atoms with Crippen LogP contribution in [0.25, 0.3) is 0 Å². The number of rotatable bonds is 4. The van der Waals surface area contributed by atoms with Crippen molar-refractivity contribution in [3.05, 3.63) is 64.5 Å². The molecule has 1 N–H and O–H groups in total. The largest absolute Gasteiger partial charge is 0.496 e. The first-order valence-electron chi connectivity index (χ1n) is 6.93. The molecule has 1 heterocycles. The second kappa shape index (κ2) is 5.84. The summed E-state index contributed by atoms with van der Waals surface area (Å²) in [6.45, 7) is 1.27. The lowest BCUT2D eigenvalue weighted by atomic mass is 9.94. The summed E-state index contributed by atoms with van der Waals surface area (Å²) >= 11 is 0. The van der Waals surface area contributed by atoms with E-state index in [4.69, 9.17) is 9.47 Å². The Morgan fingerprint density at radius 3 is 2.76 bits per heavy atom. The van der Waals surface area contributed by atoms with Crippen molar-refractivity contribution in [3.63, 3.8) is 0 Å². The molecule has 0 amide bonds. The minimum absolute atomic E-state index is 0.257. The molecule has 1 unspecified atom stereocenters. The Morgan fingerprint density at radius 1 is 1.19 bits per heavy atom. The van der Waals surface area contributed by atoms with Crippen LogP contribution in [-0.4, -0.2) is 14.2 Å². The maximum atomic E-state index is 14.3. The molecule has 110 valence electrons. The predicted octanol–water partition coefficient (Wildman–Crippen LogP) is 3.17. The average molecular weight is 287 g/mol. The van der Waals surface area contributed by atoms with Gasteiger partial charge in [-0.15, -0.1) is 0 Å². The summed E-state index contributed by atoms with van der Waals surface area (Å²) in [5.74, 6) is 0.275. The monoisotopic (exact) mass is 287 g/mol. The van der Waals surface area contributed by atoms with E-state index in [1.807, 2.05) is 13.1 Å². The quantitative estimate of drug-likeness (QED) is 0.937. The number of hydrogen-bond acceptors (Lipinski definition) is 3. The summed E-state index contributed by atoms with van der Waals surface area (Å²) < 4.78 is 25.0. The fourth-order valence-corrected chi connectivity index (χ4v) is 2.82. The van der Waals surface area contributed by atoms with Gasteiger partial charge in [0.05, 0.1) is 31.9 Å². The number of methoxy groups -OCH3 is 1. The molecule has 0 aliphatic carbocycles. The zero-order chi connectivity index (χ0) is 14.8. The number of hydrogen-bond donors (Lipinski definition) is 1. The summed E-state index contributed by atoms with van der Waals surface area (Å²) in [5, 5.41) is 3.18. The van der Waals surface area contributed by atoms with E-state index in [9.17, 15) is 4.39 Å². The zero-order valence-corrected chi connectivity index (χ0v) is 12.2. The van der Waals surface area contributed by atoms with Gasteiger partial charge in [-0.2, -0.15) is 0 Å². The van der Waals surface area contributed by atoms with Crippen LogP contribution in [0.15, 0.2) is 36.4 Å². The second-order valence-corrected chi connectivity index (χ2v) is 5.10. The molecule has 4 heteroatoms. The third-order valence-corrected chi connectivity index (χ3v) is 3.89. The lowest BCUT2D eigenvalue weighted by Gasteiger charge is -2.21. The molecule has 0 saturated heterocycles. The Hall–Kier alpha value is -1.91. The first-order valence-corrected chi connectivity index (χ1v) is 6.93. The van der Waals surface area contributed by atoms with Crippen LogP contribution in [0.1, 0.15) is 28.3 Å². The summed E-state index contributed by atoms with van der Waals surface area (Å²) in [5.41, 5.74) is 3.91. The van der Waals surface area contributed by atoms with Gasteiger partial charge in [-0.05, 0) is 35.9 Å². The predicted molar refractivity (Wildman–Crippen MR) is 78.8 cm³/mol. The highest BCUT2D eigenvalue weighted by molar-refractivity contribution is 5.44. The highest BCUT2D eigenvalue weighted by Crippen LogP contribution is 2.33. The van der Waals surface area contributed by atoms with Gasteiger partial charge < -0.3 is 14.8 Å². The maximum absolute atomic E-state index is 14.3. The van der Waals surface area contributed by atoms with Gasteiger partial charge in [-0.3, -0.25) is 0 Å². The number of nitrogens with one attached hydrogen (secondary N) is 1. The third kappa shape index (κ3) is 2.52. The van der Waals surface area contributed by atoms with Crippen molar-refractivity contribution in [2.45, 2.75) is 19.3 Å². The van der Waals surface area contributed by atoms with Gasteiger partial charge in [-0.25, -0.2) is 4.39 Å². The van der Waals surface area contributed by atoms with Crippen molar-refractivity contribution in [1.82, 2.24) is 5.32 Å². The van der Waals surface area contributed by atoms with Gasteiger partial charge in [0.1, 0.15) is 11.6 Å². The molecular formula is C17H18FNO2. The van der Waals surface area contributed by atoms with E-state index >= 15 is 0 Å². The molecule has 3 nitrogen and oxygen atoms in total. The summed E-state index contributed by atoms with van der Waals surface area (Å²) in [7, 11) is 3.38.